The first-order chi connectivity index (χ1) is 13.1. The Bertz CT molecular complexity index is 1160. The topological polar surface area (TPSA) is 63.8 Å². The Morgan fingerprint density at radius 1 is 1.07 bits per heavy atom. The van der Waals surface area contributed by atoms with Gasteiger partial charge in [-0.3, -0.25) is 0 Å². The average Bonchev–Trinajstić information content (AvgIpc) is 3.21. The van der Waals surface area contributed by atoms with E-state index in [1.54, 1.807) is 15.6 Å². The van der Waals surface area contributed by atoms with Crippen LogP contribution in [0.15, 0.2) is 65.8 Å². The van der Waals surface area contributed by atoms with Gasteiger partial charge in [0.05, 0.1) is 23.2 Å². The van der Waals surface area contributed by atoms with E-state index in [1.807, 2.05) is 67.6 Å². The predicted molar refractivity (Wildman–Crippen MR) is 109 cm³/mol. The lowest BCUT2D eigenvalue weighted by Crippen LogP contribution is -1.97. The lowest BCUT2D eigenvalue weighted by atomic mass is 10.2. The molecule has 0 radical (unpaired) electrons. The van der Waals surface area contributed by atoms with Crippen LogP contribution in [0.3, 0.4) is 0 Å². The summed E-state index contributed by atoms with van der Waals surface area (Å²) in [5.74, 6) is 0.626. The molecular weight excluding hydrogens is 380 g/mol. The molecule has 0 saturated carbocycles. The number of aromatic nitrogens is 5. The largest absolute Gasteiger partial charge is 0.250 e. The number of hydrogen-bond acceptors (Lipinski definition) is 4. The highest BCUT2D eigenvalue weighted by atomic mass is 35.5. The second-order valence-corrected chi connectivity index (χ2v) is 6.56. The molecule has 4 rings (SSSR count). The van der Waals surface area contributed by atoms with Crippen molar-refractivity contribution in [1.82, 2.24) is 24.7 Å². The van der Waals surface area contributed by atoms with Crippen molar-refractivity contribution in [2.45, 2.75) is 6.92 Å². The molecule has 2 aromatic heterocycles. The fourth-order valence-electron chi connectivity index (χ4n) is 2.69. The Morgan fingerprint density at radius 3 is 2.44 bits per heavy atom. The highest BCUT2D eigenvalue weighted by Gasteiger charge is 2.14. The van der Waals surface area contributed by atoms with Crippen LogP contribution >= 0.6 is 23.8 Å². The summed E-state index contributed by atoms with van der Waals surface area (Å²) in [5.41, 5.74) is 3.28. The molecule has 0 amide bonds. The van der Waals surface area contributed by atoms with Crippen LogP contribution in [0.1, 0.15) is 11.3 Å². The van der Waals surface area contributed by atoms with Gasteiger partial charge in [-0.25, -0.2) is 9.78 Å². The van der Waals surface area contributed by atoms with Crippen molar-refractivity contribution < 1.29 is 0 Å². The minimum absolute atomic E-state index is 0.398. The van der Waals surface area contributed by atoms with E-state index in [1.165, 1.54) is 0 Å². The Morgan fingerprint density at radius 2 is 1.74 bits per heavy atom. The Kier molecular flexibility index (Phi) is 4.70. The van der Waals surface area contributed by atoms with Crippen molar-refractivity contribution in [1.29, 1.82) is 0 Å². The summed E-state index contributed by atoms with van der Waals surface area (Å²) < 4.78 is 3.65. The number of benzene rings is 2. The number of aryl methyl sites for hydroxylation is 1. The summed E-state index contributed by atoms with van der Waals surface area (Å²) in [4.78, 5) is 0. The van der Waals surface area contributed by atoms with Crippen molar-refractivity contribution in [3.8, 4) is 17.1 Å². The van der Waals surface area contributed by atoms with E-state index >= 15 is 0 Å². The zero-order chi connectivity index (χ0) is 18.8. The van der Waals surface area contributed by atoms with Crippen LogP contribution in [0, 0.1) is 11.7 Å². The quantitative estimate of drug-likeness (QED) is 0.405. The molecule has 0 aliphatic heterocycles. The molecule has 27 heavy (non-hydrogen) atoms. The molecule has 2 aromatic carbocycles. The summed E-state index contributed by atoms with van der Waals surface area (Å²) >= 11 is 11.9. The SMILES string of the molecule is Cc1nn(-c2ccccc2)c(Cl)c1/C=N\n1c(-c2ccccc2)n[nH]c1=S. The summed E-state index contributed by atoms with van der Waals surface area (Å²) in [6, 6.07) is 19.4. The van der Waals surface area contributed by atoms with Gasteiger partial charge < -0.3 is 0 Å². The van der Waals surface area contributed by atoms with Crippen LogP contribution in [-0.4, -0.2) is 30.9 Å². The highest BCUT2D eigenvalue weighted by molar-refractivity contribution is 7.71. The molecule has 134 valence electrons. The first-order valence-electron chi connectivity index (χ1n) is 8.23. The third kappa shape index (κ3) is 3.34. The molecule has 4 aromatic rings. The van der Waals surface area contributed by atoms with Gasteiger partial charge in [0.15, 0.2) is 5.82 Å². The number of nitrogens with zero attached hydrogens (tertiary/aromatic N) is 5. The van der Waals surface area contributed by atoms with Gasteiger partial charge in [0.2, 0.25) is 4.77 Å². The minimum atomic E-state index is 0.398. The first kappa shape index (κ1) is 17.4. The molecule has 0 bridgehead atoms. The van der Waals surface area contributed by atoms with Crippen LogP contribution in [0.2, 0.25) is 5.15 Å². The summed E-state index contributed by atoms with van der Waals surface area (Å²) in [6.07, 6.45) is 1.65. The van der Waals surface area contributed by atoms with Gasteiger partial charge in [-0.2, -0.15) is 20.0 Å². The molecule has 6 nitrogen and oxygen atoms in total. The molecule has 0 spiro atoms. The summed E-state index contributed by atoms with van der Waals surface area (Å²) in [6.45, 7) is 1.89. The summed E-state index contributed by atoms with van der Waals surface area (Å²) in [5, 5.41) is 16.6. The van der Waals surface area contributed by atoms with Crippen LogP contribution in [0.5, 0.6) is 0 Å². The van der Waals surface area contributed by atoms with E-state index in [0.29, 0.717) is 15.7 Å². The monoisotopic (exact) mass is 394 g/mol. The second kappa shape index (κ2) is 7.30. The molecule has 0 aliphatic carbocycles. The molecular formula is C19H15ClN6S. The maximum Gasteiger partial charge on any atom is 0.216 e. The van der Waals surface area contributed by atoms with Crippen LogP contribution < -0.4 is 0 Å². The molecule has 1 N–H and O–H groups in total. The zero-order valence-corrected chi connectivity index (χ0v) is 15.9. The number of nitrogens with one attached hydrogen (secondary N) is 1. The normalized spacial score (nSPS) is 11.3. The van der Waals surface area contributed by atoms with Gasteiger partial charge in [0, 0.05) is 5.56 Å². The maximum absolute atomic E-state index is 6.55. The van der Waals surface area contributed by atoms with Crippen molar-refractivity contribution in [3.05, 3.63) is 81.8 Å². The van der Waals surface area contributed by atoms with Gasteiger partial charge in [0.25, 0.3) is 0 Å². The Hall–Kier alpha value is -3.03. The number of hydrogen-bond donors (Lipinski definition) is 1. The van der Waals surface area contributed by atoms with Crippen LogP contribution in [0.25, 0.3) is 17.1 Å². The van der Waals surface area contributed by atoms with Gasteiger partial charge >= 0.3 is 0 Å². The van der Waals surface area contributed by atoms with E-state index < -0.39 is 0 Å². The Balaban J connectivity index is 1.74. The molecule has 0 aliphatic rings. The predicted octanol–water partition coefficient (Wildman–Crippen LogP) is 4.64. The van der Waals surface area contributed by atoms with Gasteiger partial charge in [-0.1, -0.05) is 60.1 Å². The minimum Gasteiger partial charge on any atom is -0.250 e. The van der Waals surface area contributed by atoms with Crippen molar-refractivity contribution in [3.63, 3.8) is 0 Å². The molecule has 0 atom stereocenters. The number of halogens is 1. The van der Waals surface area contributed by atoms with Crippen LogP contribution in [-0.2, 0) is 0 Å². The Labute approximate surface area is 165 Å². The first-order valence-corrected chi connectivity index (χ1v) is 9.01. The van der Waals surface area contributed by atoms with E-state index in [0.717, 1.165) is 22.5 Å². The zero-order valence-electron chi connectivity index (χ0n) is 14.4. The van der Waals surface area contributed by atoms with E-state index in [2.05, 4.69) is 20.4 Å². The lowest BCUT2D eigenvalue weighted by Gasteiger charge is -2.02. The molecule has 0 fully saturated rings. The fraction of sp³-hybridized carbons (Fsp3) is 0.0526. The van der Waals surface area contributed by atoms with E-state index in [4.69, 9.17) is 23.8 Å². The lowest BCUT2D eigenvalue weighted by molar-refractivity contribution is 0.863. The van der Waals surface area contributed by atoms with Gasteiger partial charge in [0.1, 0.15) is 5.15 Å². The standard InChI is InChI=1S/C19H15ClN6S/c1-13-16(17(20)25(24-13)15-10-6-3-7-11-15)12-21-26-18(22-23-19(26)27)14-8-4-2-5-9-14/h2-12H,1H3,(H,23,27)/b21-12-. The molecule has 8 heteroatoms. The molecule has 0 saturated heterocycles. The third-order valence-corrected chi connectivity index (χ3v) is 4.66. The molecule has 2 heterocycles. The maximum atomic E-state index is 6.55. The third-order valence-electron chi connectivity index (χ3n) is 4.03. The smallest absolute Gasteiger partial charge is 0.216 e. The molecule has 0 unspecified atom stereocenters. The number of para-hydroxylation sites is 1. The van der Waals surface area contributed by atoms with Crippen molar-refractivity contribution >= 4 is 30.0 Å². The van der Waals surface area contributed by atoms with Crippen LogP contribution in [0.4, 0.5) is 0 Å². The van der Waals surface area contributed by atoms with Gasteiger partial charge in [-0.05, 0) is 31.3 Å². The average molecular weight is 395 g/mol. The fourth-order valence-corrected chi connectivity index (χ4v) is 3.19. The number of rotatable bonds is 4. The highest BCUT2D eigenvalue weighted by Crippen LogP contribution is 2.22. The van der Waals surface area contributed by atoms with Crippen molar-refractivity contribution in [2.75, 3.05) is 0 Å². The summed E-state index contributed by atoms with van der Waals surface area (Å²) in [7, 11) is 0. The van der Waals surface area contributed by atoms with E-state index in [-0.39, 0.29) is 0 Å². The number of H-pyrrole nitrogens is 1. The second-order valence-electron chi connectivity index (χ2n) is 5.81. The van der Waals surface area contributed by atoms with E-state index in [9.17, 15) is 0 Å². The van der Waals surface area contributed by atoms with Gasteiger partial charge in [-0.15, -0.1) is 0 Å². The van der Waals surface area contributed by atoms with Crippen molar-refractivity contribution in [2.24, 2.45) is 5.10 Å². The number of aromatic amines is 1.